The molecule has 7 nitrogen and oxygen atoms in total. The zero-order chi connectivity index (χ0) is 15.8. The topological polar surface area (TPSA) is 92.8 Å². The molecule has 1 fully saturated rings. The number of amides is 1. The van der Waals surface area contributed by atoms with Crippen LogP contribution in [0.25, 0.3) is 22.3 Å². The van der Waals surface area contributed by atoms with Crippen molar-refractivity contribution in [3.8, 4) is 17.4 Å². The van der Waals surface area contributed by atoms with E-state index < -0.39 is 0 Å². The van der Waals surface area contributed by atoms with E-state index in [1.807, 2.05) is 12.1 Å². The lowest BCUT2D eigenvalue weighted by atomic mass is 10.2. The van der Waals surface area contributed by atoms with Gasteiger partial charge >= 0.3 is 6.01 Å². The fraction of sp³-hybridized carbons (Fsp3) is 0.250. The zero-order valence-corrected chi connectivity index (χ0v) is 12.5. The number of nitrogens with zero attached hydrogens (tertiary/aromatic N) is 3. The molecule has 1 saturated carbocycles. The number of H-pyrrole nitrogens is 1. The summed E-state index contributed by atoms with van der Waals surface area (Å²) in [5.41, 5.74) is 2.46. The minimum absolute atomic E-state index is 0.0455. The van der Waals surface area contributed by atoms with Crippen LogP contribution < -0.4 is 10.1 Å². The van der Waals surface area contributed by atoms with Crippen molar-refractivity contribution in [2.75, 3.05) is 12.4 Å². The SMILES string of the molecule is COc1nccc(-c2cc3cnc(NC(=O)C4CC4)cc3[nH]2)n1. The van der Waals surface area contributed by atoms with Gasteiger partial charge in [-0.05, 0) is 25.0 Å². The Morgan fingerprint density at radius 1 is 1.35 bits per heavy atom. The first-order chi connectivity index (χ1) is 11.2. The number of pyridine rings is 1. The van der Waals surface area contributed by atoms with Gasteiger partial charge in [-0.25, -0.2) is 9.97 Å². The van der Waals surface area contributed by atoms with Gasteiger partial charge in [-0.2, -0.15) is 4.98 Å². The van der Waals surface area contributed by atoms with Crippen LogP contribution in [0.15, 0.2) is 30.6 Å². The van der Waals surface area contributed by atoms with Crippen LogP contribution in [0, 0.1) is 5.92 Å². The van der Waals surface area contributed by atoms with Crippen molar-refractivity contribution in [1.82, 2.24) is 19.9 Å². The highest BCUT2D eigenvalue weighted by atomic mass is 16.5. The Kier molecular flexibility index (Phi) is 3.18. The third-order valence-electron chi connectivity index (χ3n) is 3.80. The molecule has 0 spiro atoms. The summed E-state index contributed by atoms with van der Waals surface area (Å²) in [4.78, 5) is 27.7. The van der Waals surface area contributed by atoms with Gasteiger partial charge < -0.3 is 15.0 Å². The number of aromatic nitrogens is 4. The van der Waals surface area contributed by atoms with Gasteiger partial charge in [0.25, 0.3) is 0 Å². The van der Waals surface area contributed by atoms with Crippen LogP contribution in [0.4, 0.5) is 5.82 Å². The normalized spacial score (nSPS) is 14.0. The van der Waals surface area contributed by atoms with Crippen LogP contribution in [-0.2, 0) is 4.79 Å². The first-order valence-electron chi connectivity index (χ1n) is 7.40. The van der Waals surface area contributed by atoms with Gasteiger partial charge in [-0.15, -0.1) is 0 Å². The highest BCUT2D eigenvalue weighted by Crippen LogP contribution is 2.30. The van der Waals surface area contributed by atoms with Crippen molar-refractivity contribution < 1.29 is 9.53 Å². The number of hydrogen-bond donors (Lipinski definition) is 2. The Balaban J connectivity index is 1.65. The van der Waals surface area contributed by atoms with E-state index in [4.69, 9.17) is 4.74 Å². The highest BCUT2D eigenvalue weighted by molar-refractivity contribution is 5.95. The predicted molar refractivity (Wildman–Crippen MR) is 85.0 cm³/mol. The van der Waals surface area contributed by atoms with Gasteiger partial charge in [0.1, 0.15) is 5.82 Å². The molecule has 0 aromatic carbocycles. The van der Waals surface area contributed by atoms with E-state index in [9.17, 15) is 4.79 Å². The van der Waals surface area contributed by atoms with E-state index in [-0.39, 0.29) is 11.8 Å². The second kappa shape index (κ2) is 5.35. The smallest absolute Gasteiger partial charge is 0.316 e. The summed E-state index contributed by atoms with van der Waals surface area (Å²) < 4.78 is 5.05. The average Bonchev–Trinajstić information content (AvgIpc) is 3.34. The molecular formula is C16H15N5O2. The Morgan fingerprint density at radius 2 is 2.22 bits per heavy atom. The van der Waals surface area contributed by atoms with E-state index in [1.165, 1.54) is 7.11 Å². The number of hydrogen-bond acceptors (Lipinski definition) is 5. The van der Waals surface area contributed by atoms with Gasteiger partial charge in [-0.1, -0.05) is 0 Å². The number of ether oxygens (including phenoxy) is 1. The van der Waals surface area contributed by atoms with Crippen molar-refractivity contribution in [2.24, 2.45) is 5.92 Å². The maximum absolute atomic E-state index is 11.8. The number of aromatic amines is 1. The maximum Gasteiger partial charge on any atom is 0.316 e. The monoisotopic (exact) mass is 309 g/mol. The summed E-state index contributed by atoms with van der Waals surface area (Å²) in [6, 6.07) is 5.90. The number of carbonyl (C=O) groups is 1. The molecule has 4 rings (SSSR count). The number of nitrogens with one attached hydrogen (secondary N) is 2. The van der Waals surface area contributed by atoms with Gasteiger partial charge in [0.15, 0.2) is 0 Å². The Morgan fingerprint density at radius 3 is 3.00 bits per heavy atom. The number of rotatable bonds is 4. The summed E-state index contributed by atoms with van der Waals surface area (Å²) in [7, 11) is 1.53. The predicted octanol–water partition coefficient (Wildman–Crippen LogP) is 2.38. The molecule has 1 aliphatic carbocycles. The van der Waals surface area contributed by atoms with Crippen molar-refractivity contribution in [3.05, 3.63) is 30.6 Å². The van der Waals surface area contributed by atoms with E-state index in [2.05, 4.69) is 25.3 Å². The summed E-state index contributed by atoms with van der Waals surface area (Å²) in [6.45, 7) is 0. The van der Waals surface area contributed by atoms with E-state index in [1.54, 1.807) is 18.5 Å². The van der Waals surface area contributed by atoms with Crippen molar-refractivity contribution in [3.63, 3.8) is 0 Å². The number of carbonyl (C=O) groups excluding carboxylic acids is 1. The summed E-state index contributed by atoms with van der Waals surface area (Å²) >= 11 is 0. The van der Waals surface area contributed by atoms with E-state index in [0.29, 0.717) is 11.8 Å². The second-order valence-electron chi connectivity index (χ2n) is 5.53. The molecule has 0 atom stereocenters. The largest absolute Gasteiger partial charge is 0.467 e. The van der Waals surface area contributed by atoms with Crippen LogP contribution >= 0.6 is 0 Å². The first kappa shape index (κ1) is 13.7. The molecule has 0 radical (unpaired) electrons. The van der Waals surface area contributed by atoms with Crippen LogP contribution in [0.1, 0.15) is 12.8 Å². The molecule has 3 heterocycles. The molecule has 0 unspecified atom stereocenters. The third-order valence-corrected chi connectivity index (χ3v) is 3.80. The zero-order valence-electron chi connectivity index (χ0n) is 12.5. The van der Waals surface area contributed by atoms with Gasteiger partial charge in [-0.3, -0.25) is 4.79 Å². The molecule has 23 heavy (non-hydrogen) atoms. The Bertz CT molecular complexity index is 885. The van der Waals surface area contributed by atoms with Gasteiger partial charge in [0.2, 0.25) is 5.91 Å². The molecule has 116 valence electrons. The van der Waals surface area contributed by atoms with Gasteiger partial charge in [0, 0.05) is 29.8 Å². The molecule has 0 bridgehead atoms. The lowest BCUT2D eigenvalue weighted by Gasteiger charge is -2.02. The van der Waals surface area contributed by atoms with Gasteiger partial charge in [0.05, 0.1) is 24.0 Å². The fourth-order valence-electron chi connectivity index (χ4n) is 2.40. The summed E-state index contributed by atoms with van der Waals surface area (Å²) in [5, 5.41) is 3.79. The third kappa shape index (κ3) is 2.73. The van der Waals surface area contributed by atoms with Crippen LogP contribution in [0.3, 0.4) is 0 Å². The molecule has 0 aliphatic heterocycles. The van der Waals surface area contributed by atoms with Crippen molar-refractivity contribution in [1.29, 1.82) is 0 Å². The molecular weight excluding hydrogens is 294 g/mol. The lowest BCUT2D eigenvalue weighted by molar-refractivity contribution is -0.117. The lowest BCUT2D eigenvalue weighted by Crippen LogP contribution is -2.14. The molecule has 3 aromatic heterocycles. The molecule has 7 heteroatoms. The number of fused-ring (bicyclic) bond motifs is 1. The number of methoxy groups -OCH3 is 1. The minimum Gasteiger partial charge on any atom is -0.467 e. The molecule has 0 saturated heterocycles. The summed E-state index contributed by atoms with van der Waals surface area (Å²) in [5.74, 6) is 0.757. The number of anilines is 1. The molecule has 1 aliphatic rings. The minimum atomic E-state index is 0.0455. The van der Waals surface area contributed by atoms with Crippen LogP contribution in [0.2, 0.25) is 0 Å². The maximum atomic E-state index is 11.8. The Labute approximate surface area is 132 Å². The second-order valence-corrected chi connectivity index (χ2v) is 5.53. The fourth-order valence-corrected chi connectivity index (χ4v) is 2.40. The molecule has 2 N–H and O–H groups in total. The highest BCUT2D eigenvalue weighted by Gasteiger charge is 2.29. The molecule has 1 amide bonds. The average molecular weight is 309 g/mol. The Hall–Kier alpha value is -2.96. The standard InChI is InChI=1S/C16H15N5O2/c1-23-16-17-5-4-11(20-16)13-6-10-8-18-14(7-12(10)19-13)21-15(22)9-2-3-9/h4-9,19H,2-3H2,1H3,(H,18,21,22). The van der Waals surface area contributed by atoms with E-state index >= 15 is 0 Å². The first-order valence-corrected chi connectivity index (χ1v) is 7.40. The van der Waals surface area contributed by atoms with Crippen molar-refractivity contribution in [2.45, 2.75) is 12.8 Å². The van der Waals surface area contributed by atoms with Crippen LogP contribution in [-0.4, -0.2) is 33.0 Å². The van der Waals surface area contributed by atoms with Crippen molar-refractivity contribution >= 4 is 22.6 Å². The van der Waals surface area contributed by atoms with Crippen LogP contribution in [0.5, 0.6) is 6.01 Å². The molecule has 3 aromatic rings. The quantitative estimate of drug-likeness (QED) is 0.772. The summed E-state index contributed by atoms with van der Waals surface area (Å²) in [6.07, 6.45) is 5.31. The van der Waals surface area contributed by atoms with E-state index in [0.717, 1.165) is 35.1 Å².